The van der Waals surface area contributed by atoms with Crippen LogP contribution in [0.3, 0.4) is 0 Å². The maximum Gasteiger partial charge on any atom is 0.481 e. The minimum Gasteiger partial charge on any atom is -0.508 e. The maximum atomic E-state index is 12.7. The number of ether oxygens (including phenoxy) is 1. The molecular formula is C28H40N7O19P3S. The highest BCUT2D eigenvalue weighted by molar-refractivity contribution is 8.14. The highest BCUT2D eigenvalue weighted by atomic mass is 32.2. The third-order valence-electron chi connectivity index (χ3n) is 7.87. The predicted octanol–water partition coefficient (Wildman–Crippen LogP) is -0.610. The maximum absolute atomic E-state index is 12.7. The summed E-state index contributed by atoms with van der Waals surface area (Å²) in [7, 11) is -16.5. The van der Waals surface area contributed by atoms with Gasteiger partial charge in [-0.3, -0.25) is 32.5 Å². The fourth-order valence-electron chi connectivity index (χ4n) is 5.07. The third kappa shape index (κ3) is 13.2. The molecule has 0 aliphatic carbocycles. The van der Waals surface area contributed by atoms with Gasteiger partial charge in [-0.05, 0) is 12.1 Å². The number of aromatic hydroxyl groups is 2. The number of anilines is 1. The van der Waals surface area contributed by atoms with E-state index in [1.807, 2.05) is 0 Å². The number of carbonyl (C=O) groups is 3. The summed E-state index contributed by atoms with van der Waals surface area (Å²) < 4.78 is 62.0. The number of nitrogens with two attached hydrogens (primary N) is 1. The van der Waals surface area contributed by atoms with Crippen molar-refractivity contribution in [2.45, 2.75) is 50.9 Å². The standard InChI is InChI=1S/C28H40N7O19P3S/c1-28(2,22(40)25(41)31-4-3-18(38)30-5-6-58-27(42)14-7-15(36)9-16(37)8-14)11-51-57(48,49)54-56(46,47)50-10-17-21(53-55(43,44)45)20(39)26(52-17)35-13-34-19-23(29)32-12-33-24(19)35/h7-9,12-13,17,20-22,26,36-37,39-40H,3-6,10-11H2,1-2H3,(H,30,38)(H,31,41)(H,46,47)(H,48,49)(H2,29,32,33)(H2,43,44,45)/t17-,20-,21-,22+,26-/m1/s1. The number of benzene rings is 1. The average molecular weight is 904 g/mol. The Labute approximate surface area is 331 Å². The molecule has 0 spiro atoms. The minimum absolute atomic E-state index is 0.0191. The number of fused-ring (bicyclic) bond motifs is 1. The number of nitrogen functional groups attached to an aromatic ring is 1. The molecule has 2 unspecified atom stereocenters. The minimum atomic E-state index is -5.59. The Kier molecular flexibility index (Phi) is 15.6. The number of thioether (sulfide) groups is 1. The summed E-state index contributed by atoms with van der Waals surface area (Å²) in [6, 6.07) is 3.40. The molecule has 1 aliphatic rings. The Bertz CT molecular complexity index is 2100. The average Bonchev–Trinajstić information content (AvgIpc) is 3.67. The first-order chi connectivity index (χ1) is 26.9. The number of nitrogens with one attached hydrogen (secondary N) is 2. The molecule has 1 saturated heterocycles. The number of hydrogen-bond donors (Lipinski definition) is 11. The number of aromatic nitrogens is 4. The smallest absolute Gasteiger partial charge is 0.481 e. The van der Waals surface area contributed by atoms with Crippen LogP contribution in [0.1, 0.15) is 36.9 Å². The van der Waals surface area contributed by atoms with Crippen LogP contribution in [0.4, 0.5) is 5.82 Å². The highest BCUT2D eigenvalue weighted by Crippen LogP contribution is 2.61. The van der Waals surface area contributed by atoms with Crippen molar-refractivity contribution in [3.8, 4) is 11.5 Å². The van der Waals surface area contributed by atoms with Crippen molar-refractivity contribution >= 4 is 69.1 Å². The molecule has 1 aromatic carbocycles. The van der Waals surface area contributed by atoms with Crippen molar-refractivity contribution in [3.05, 3.63) is 36.4 Å². The molecule has 1 aliphatic heterocycles. The number of phosphoric acid groups is 3. The van der Waals surface area contributed by atoms with Gasteiger partial charge in [0.2, 0.25) is 16.9 Å². The summed E-state index contributed by atoms with van der Waals surface area (Å²) >= 11 is 0.818. The molecule has 1 fully saturated rings. The van der Waals surface area contributed by atoms with Crippen LogP contribution in [0, 0.1) is 5.41 Å². The predicted molar refractivity (Wildman–Crippen MR) is 196 cm³/mol. The van der Waals surface area contributed by atoms with Gasteiger partial charge in [0.15, 0.2) is 17.7 Å². The summed E-state index contributed by atoms with van der Waals surface area (Å²) in [5, 5.41) is 44.8. The van der Waals surface area contributed by atoms with Crippen molar-refractivity contribution in [2.75, 3.05) is 37.8 Å². The lowest BCUT2D eigenvalue weighted by atomic mass is 9.87. The molecule has 4 rings (SSSR count). The monoisotopic (exact) mass is 903 g/mol. The number of phenolic OH excluding ortho intramolecular Hbond substituents is 2. The Hall–Kier alpha value is -3.62. The van der Waals surface area contributed by atoms with Crippen LogP contribution >= 0.6 is 35.2 Å². The van der Waals surface area contributed by atoms with E-state index in [1.165, 1.54) is 26.0 Å². The molecule has 30 heteroatoms. The van der Waals surface area contributed by atoms with E-state index in [-0.39, 0.29) is 59.3 Å². The lowest BCUT2D eigenvalue weighted by Gasteiger charge is -2.30. The van der Waals surface area contributed by atoms with Crippen LogP contribution in [0.2, 0.25) is 0 Å². The first kappa shape index (κ1) is 47.1. The van der Waals surface area contributed by atoms with Crippen molar-refractivity contribution in [1.29, 1.82) is 0 Å². The number of hydrogen-bond acceptors (Lipinski definition) is 20. The topological polar surface area (TPSA) is 404 Å². The van der Waals surface area contributed by atoms with Gasteiger partial charge in [-0.1, -0.05) is 25.6 Å². The van der Waals surface area contributed by atoms with Crippen molar-refractivity contribution in [2.24, 2.45) is 5.41 Å². The number of phenols is 2. The van der Waals surface area contributed by atoms with E-state index in [0.717, 1.165) is 35.0 Å². The number of aliphatic hydroxyl groups is 2. The summed E-state index contributed by atoms with van der Waals surface area (Å²) in [4.78, 5) is 87.8. The van der Waals surface area contributed by atoms with E-state index in [0.29, 0.717) is 0 Å². The number of aliphatic hydroxyl groups excluding tert-OH is 2. The van der Waals surface area contributed by atoms with Crippen LogP contribution in [0.25, 0.3) is 11.2 Å². The Morgan fingerprint density at radius 3 is 2.31 bits per heavy atom. The zero-order chi connectivity index (χ0) is 43.2. The van der Waals surface area contributed by atoms with Crippen molar-refractivity contribution < 1.29 is 90.7 Å². The Balaban J connectivity index is 1.22. The van der Waals surface area contributed by atoms with Crippen LogP contribution in [-0.4, -0.2) is 133 Å². The van der Waals surface area contributed by atoms with Gasteiger partial charge in [-0.15, -0.1) is 0 Å². The zero-order valence-electron chi connectivity index (χ0n) is 30.2. The number of rotatable bonds is 20. The summed E-state index contributed by atoms with van der Waals surface area (Å²) in [6.45, 7) is 0.170. The molecule has 322 valence electrons. The van der Waals surface area contributed by atoms with Crippen LogP contribution < -0.4 is 16.4 Å². The molecular weight excluding hydrogens is 863 g/mol. The molecule has 3 aromatic rings. The molecule has 0 radical (unpaired) electrons. The quantitative estimate of drug-likeness (QED) is 0.0497. The summed E-state index contributed by atoms with van der Waals surface area (Å²) in [6.07, 6.45) is -7.11. The van der Waals surface area contributed by atoms with Crippen LogP contribution in [-0.2, 0) is 45.9 Å². The van der Waals surface area contributed by atoms with Gasteiger partial charge in [0, 0.05) is 42.3 Å². The fraction of sp³-hybridized carbons (Fsp3) is 0.500. The molecule has 0 bridgehead atoms. The van der Waals surface area contributed by atoms with Crippen LogP contribution in [0.15, 0.2) is 30.9 Å². The first-order valence-electron chi connectivity index (χ1n) is 16.5. The van der Waals surface area contributed by atoms with Gasteiger partial charge >= 0.3 is 23.5 Å². The number of imidazole rings is 1. The van der Waals surface area contributed by atoms with E-state index < -0.39 is 89.7 Å². The van der Waals surface area contributed by atoms with Gasteiger partial charge in [-0.25, -0.2) is 28.6 Å². The van der Waals surface area contributed by atoms with Gasteiger partial charge in [0.05, 0.1) is 19.5 Å². The van der Waals surface area contributed by atoms with Crippen LogP contribution in [0.5, 0.6) is 11.5 Å². The molecule has 7 atom stereocenters. The number of nitrogens with zero attached hydrogens (tertiary/aromatic N) is 4. The number of amides is 2. The second-order valence-corrected chi connectivity index (χ2v) is 18.2. The third-order valence-corrected chi connectivity index (χ3v) is 11.9. The highest BCUT2D eigenvalue weighted by Gasteiger charge is 2.50. The van der Waals surface area contributed by atoms with E-state index in [2.05, 4.69) is 34.4 Å². The molecule has 12 N–H and O–H groups in total. The Morgan fingerprint density at radius 2 is 1.66 bits per heavy atom. The number of carbonyl (C=O) groups excluding carboxylic acids is 3. The van der Waals surface area contributed by atoms with Gasteiger partial charge < -0.3 is 61.1 Å². The molecule has 3 heterocycles. The molecule has 26 nitrogen and oxygen atoms in total. The SMILES string of the molecule is CC(C)(COP(=O)(O)OP(=O)(O)OC[C@H]1O[C@@H](n2cnc3c(N)ncnc32)[C@H](O)[C@@H]1OP(=O)(O)O)[C@@H](O)C(=O)NCCC(=O)NCCSC(=O)c1cc(O)cc(O)c1. The lowest BCUT2D eigenvalue weighted by molar-refractivity contribution is -0.137. The van der Waals surface area contributed by atoms with Gasteiger partial charge in [-0.2, -0.15) is 4.31 Å². The molecule has 2 amide bonds. The van der Waals surface area contributed by atoms with E-state index >= 15 is 0 Å². The molecule has 2 aromatic heterocycles. The van der Waals surface area contributed by atoms with E-state index in [1.54, 1.807) is 0 Å². The molecule has 0 saturated carbocycles. The van der Waals surface area contributed by atoms with Gasteiger partial charge in [0.1, 0.15) is 47.8 Å². The summed E-state index contributed by atoms with van der Waals surface area (Å²) in [5.41, 5.74) is 4.25. The largest absolute Gasteiger partial charge is 0.508 e. The molecule has 58 heavy (non-hydrogen) atoms. The van der Waals surface area contributed by atoms with Gasteiger partial charge in [0.25, 0.3) is 0 Å². The first-order valence-corrected chi connectivity index (χ1v) is 22.0. The zero-order valence-corrected chi connectivity index (χ0v) is 33.7. The van der Waals surface area contributed by atoms with Crippen molar-refractivity contribution in [1.82, 2.24) is 30.2 Å². The number of phosphoric ester groups is 3. The van der Waals surface area contributed by atoms with E-state index in [4.69, 9.17) is 19.5 Å². The normalized spacial score (nSPS) is 21.2. The fourth-order valence-corrected chi connectivity index (χ4v) is 8.57. The Morgan fingerprint density at radius 1 is 1.00 bits per heavy atom. The second kappa shape index (κ2) is 19.2. The van der Waals surface area contributed by atoms with E-state index in [9.17, 15) is 68.1 Å². The van der Waals surface area contributed by atoms with Crippen molar-refractivity contribution in [3.63, 3.8) is 0 Å². The second-order valence-electron chi connectivity index (χ2n) is 12.9. The summed E-state index contributed by atoms with van der Waals surface area (Å²) in [5.74, 6) is -2.05. The lowest BCUT2D eigenvalue weighted by Crippen LogP contribution is -2.46.